The molecule has 1 atom stereocenters. The fourth-order valence-corrected chi connectivity index (χ4v) is 2.60. The topological polar surface area (TPSA) is 94.8 Å². The highest BCUT2D eigenvalue weighted by Crippen LogP contribution is 2.24. The van der Waals surface area contributed by atoms with Crippen LogP contribution in [0.4, 0.5) is 4.79 Å². The van der Waals surface area contributed by atoms with Crippen molar-refractivity contribution in [3.05, 3.63) is 39.7 Å². The minimum atomic E-state index is -0.891. The zero-order chi connectivity index (χ0) is 21.2. The second kappa shape index (κ2) is 8.04. The Balaban J connectivity index is 2.22. The summed E-state index contributed by atoms with van der Waals surface area (Å²) in [5.41, 5.74) is 0.579. The van der Waals surface area contributed by atoms with Gasteiger partial charge in [0.05, 0.1) is 0 Å². The summed E-state index contributed by atoms with van der Waals surface area (Å²) in [5.74, 6) is -0.629. The molecule has 1 N–H and O–H groups in total. The van der Waals surface area contributed by atoms with Crippen molar-refractivity contribution in [1.82, 2.24) is 5.32 Å². The lowest BCUT2D eigenvalue weighted by Gasteiger charge is -2.24. The number of carbonyl (C=O) groups is 2. The Morgan fingerprint density at radius 2 is 1.75 bits per heavy atom. The zero-order valence-electron chi connectivity index (χ0n) is 17.3. The third-order valence-electron chi connectivity index (χ3n) is 4.24. The Morgan fingerprint density at radius 3 is 2.32 bits per heavy atom. The average Bonchev–Trinajstić information content (AvgIpc) is 2.55. The highest BCUT2D eigenvalue weighted by atomic mass is 16.6. The molecule has 0 aliphatic heterocycles. The van der Waals surface area contributed by atoms with E-state index in [4.69, 9.17) is 13.9 Å². The van der Waals surface area contributed by atoms with E-state index in [2.05, 4.69) is 5.32 Å². The van der Waals surface area contributed by atoms with Gasteiger partial charge in [-0.15, -0.1) is 0 Å². The molecule has 28 heavy (non-hydrogen) atoms. The summed E-state index contributed by atoms with van der Waals surface area (Å²) < 4.78 is 15.9. The normalized spacial score (nSPS) is 12.7. The van der Waals surface area contributed by atoms with Crippen molar-refractivity contribution < 1.29 is 23.5 Å². The third kappa shape index (κ3) is 5.12. The number of ether oxygens (including phenoxy) is 2. The number of hydrogen-bond acceptors (Lipinski definition) is 6. The Hall–Kier alpha value is -2.83. The first kappa shape index (κ1) is 21.5. The molecule has 0 aliphatic carbocycles. The lowest BCUT2D eigenvalue weighted by Crippen LogP contribution is -2.48. The highest BCUT2D eigenvalue weighted by Gasteiger charge is 2.28. The number of rotatable bonds is 4. The number of aryl methyl sites for hydroxylation is 1. The predicted octanol–water partition coefficient (Wildman–Crippen LogP) is 3.86. The fourth-order valence-electron chi connectivity index (χ4n) is 2.60. The summed E-state index contributed by atoms with van der Waals surface area (Å²) in [4.78, 5) is 36.5. The van der Waals surface area contributed by atoms with Gasteiger partial charge < -0.3 is 19.2 Å². The van der Waals surface area contributed by atoms with E-state index in [9.17, 15) is 14.4 Å². The van der Waals surface area contributed by atoms with Gasteiger partial charge in [0.15, 0.2) is 0 Å². The second-order valence-electron chi connectivity index (χ2n) is 8.09. The number of nitrogens with one attached hydrogen (secondary N) is 1. The smallest absolute Gasteiger partial charge is 0.408 e. The van der Waals surface area contributed by atoms with Crippen LogP contribution >= 0.6 is 0 Å². The summed E-state index contributed by atoms with van der Waals surface area (Å²) in [7, 11) is 0. The van der Waals surface area contributed by atoms with Gasteiger partial charge in [-0.1, -0.05) is 13.8 Å². The van der Waals surface area contributed by atoms with Crippen molar-refractivity contribution in [2.45, 2.75) is 60.1 Å². The molecule has 7 nitrogen and oxygen atoms in total. The molecule has 1 aromatic carbocycles. The Labute approximate surface area is 164 Å². The molecule has 0 fully saturated rings. The molecule has 0 bridgehead atoms. The number of fused-ring (bicyclic) bond motifs is 1. The molecule has 0 saturated carbocycles. The molecule has 1 aromatic heterocycles. The largest absolute Gasteiger partial charge is 0.444 e. The fraction of sp³-hybridized carbons (Fsp3) is 0.476. The molecule has 7 heteroatoms. The van der Waals surface area contributed by atoms with E-state index in [1.807, 2.05) is 6.92 Å². The first-order valence-corrected chi connectivity index (χ1v) is 9.14. The van der Waals surface area contributed by atoms with Crippen LogP contribution in [0.5, 0.6) is 5.75 Å². The Bertz CT molecular complexity index is 952. The van der Waals surface area contributed by atoms with Crippen molar-refractivity contribution in [2.75, 3.05) is 0 Å². The average molecular weight is 389 g/mol. The molecular formula is C21H27NO6. The number of esters is 1. The minimum absolute atomic E-state index is 0.219. The van der Waals surface area contributed by atoms with Crippen molar-refractivity contribution in [1.29, 1.82) is 0 Å². The lowest BCUT2D eigenvalue weighted by atomic mass is 10.0. The molecule has 2 rings (SSSR count). The molecule has 152 valence electrons. The van der Waals surface area contributed by atoms with E-state index >= 15 is 0 Å². The monoisotopic (exact) mass is 389 g/mol. The van der Waals surface area contributed by atoms with E-state index in [1.165, 1.54) is 6.07 Å². The molecule has 0 radical (unpaired) electrons. The van der Waals surface area contributed by atoms with E-state index in [1.54, 1.807) is 53.7 Å². The van der Waals surface area contributed by atoms with Gasteiger partial charge in [0.2, 0.25) is 0 Å². The predicted molar refractivity (Wildman–Crippen MR) is 106 cm³/mol. The molecule has 0 saturated heterocycles. The van der Waals surface area contributed by atoms with Gasteiger partial charge in [-0.25, -0.2) is 14.4 Å². The van der Waals surface area contributed by atoms with Gasteiger partial charge in [-0.3, -0.25) is 0 Å². The summed E-state index contributed by atoms with van der Waals surface area (Å²) in [6.07, 6.45) is -0.696. The summed E-state index contributed by atoms with van der Waals surface area (Å²) in [6.45, 7) is 12.3. The minimum Gasteiger partial charge on any atom is -0.444 e. The van der Waals surface area contributed by atoms with Gasteiger partial charge >= 0.3 is 17.7 Å². The summed E-state index contributed by atoms with van der Waals surface area (Å²) in [5, 5.41) is 3.31. The Morgan fingerprint density at radius 1 is 1.11 bits per heavy atom. The van der Waals surface area contributed by atoms with Crippen LogP contribution < -0.4 is 15.7 Å². The standard InChI is InChI=1S/C21H27NO6/c1-11(2)17(22-20(25)28-21(5,6)7)19(24)26-14-8-9-15-12(3)13(4)18(23)27-16(15)10-14/h8-11,17H,1-7H3,(H,22,25). The van der Waals surface area contributed by atoms with Gasteiger partial charge in [-0.05, 0) is 58.2 Å². The van der Waals surface area contributed by atoms with Crippen LogP contribution in [-0.2, 0) is 9.53 Å². The van der Waals surface area contributed by atoms with Crippen molar-refractivity contribution in [3.8, 4) is 5.75 Å². The van der Waals surface area contributed by atoms with Gasteiger partial charge in [-0.2, -0.15) is 0 Å². The van der Waals surface area contributed by atoms with Crippen LogP contribution in [0.15, 0.2) is 27.4 Å². The molecule has 0 spiro atoms. The molecule has 1 amide bonds. The van der Waals surface area contributed by atoms with Crippen LogP contribution in [0.2, 0.25) is 0 Å². The first-order valence-electron chi connectivity index (χ1n) is 9.14. The van der Waals surface area contributed by atoms with E-state index in [0.717, 1.165) is 10.9 Å². The second-order valence-corrected chi connectivity index (χ2v) is 8.09. The molecule has 2 aromatic rings. The Kier molecular flexibility index (Phi) is 6.17. The molecule has 1 unspecified atom stereocenters. The maximum Gasteiger partial charge on any atom is 0.408 e. The van der Waals surface area contributed by atoms with E-state index in [0.29, 0.717) is 11.1 Å². The van der Waals surface area contributed by atoms with Crippen molar-refractivity contribution >= 4 is 23.0 Å². The highest BCUT2D eigenvalue weighted by molar-refractivity contribution is 5.86. The number of benzene rings is 1. The lowest BCUT2D eigenvalue weighted by molar-refractivity contribution is -0.137. The maximum atomic E-state index is 12.6. The van der Waals surface area contributed by atoms with Crippen molar-refractivity contribution in [3.63, 3.8) is 0 Å². The van der Waals surface area contributed by atoms with E-state index in [-0.39, 0.29) is 11.7 Å². The number of amides is 1. The molecular weight excluding hydrogens is 362 g/mol. The van der Waals surface area contributed by atoms with Crippen LogP contribution in [0.25, 0.3) is 11.0 Å². The van der Waals surface area contributed by atoms with Crippen molar-refractivity contribution in [2.24, 2.45) is 5.92 Å². The van der Waals surface area contributed by atoms with Gasteiger partial charge in [0, 0.05) is 17.0 Å². The van der Waals surface area contributed by atoms with Crippen LogP contribution in [0.3, 0.4) is 0 Å². The molecule has 1 heterocycles. The zero-order valence-corrected chi connectivity index (χ0v) is 17.3. The maximum absolute atomic E-state index is 12.6. The van der Waals surface area contributed by atoms with Crippen LogP contribution in [0, 0.1) is 19.8 Å². The summed E-state index contributed by atoms with van der Waals surface area (Å²) >= 11 is 0. The van der Waals surface area contributed by atoms with E-state index < -0.39 is 29.3 Å². The van der Waals surface area contributed by atoms with Crippen LogP contribution in [0.1, 0.15) is 45.7 Å². The quantitative estimate of drug-likeness (QED) is 0.485. The number of hydrogen-bond donors (Lipinski definition) is 1. The third-order valence-corrected chi connectivity index (χ3v) is 4.24. The van der Waals surface area contributed by atoms with Gasteiger partial charge in [0.25, 0.3) is 0 Å². The molecule has 0 aliphatic rings. The number of alkyl carbamates (subject to hydrolysis) is 1. The van der Waals surface area contributed by atoms with Crippen LogP contribution in [-0.4, -0.2) is 23.7 Å². The SMILES string of the molecule is Cc1c(C)c2ccc(OC(=O)C(NC(=O)OC(C)(C)C)C(C)C)cc2oc1=O. The van der Waals surface area contributed by atoms with Gasteiger partial charge in [0.1, 0.15) is 23.0 Å². The first-order chi connectivity index (χ1) is 12.9. The summed E-state index contributed by atoms with van der Waals surface area (Å²) in [6, 6.07) is 3.95. The number of carbonyl (C=O) groups excluding carboxylic acids is 2.